The lowest BCUT2D eigenvalue weighted by Gasteiger charge is -2.58. The van der Waals surface area contributed by atoms with E-state index < -0.39 is 0 Å². The zero-order valence-corrected chi connectivity index (χ0v) is 14.5. The summed E-state index contributed by atoms with van der Waals surface area (Å²) in [4.78, 5) is 0. The third kappa shape index (κ3) is 1.92. The quantitative estimate of drug-likeness (QED) is 0.555. The summed E-state index contributed by atoms with van der Waals surface area (Å²) in [7, 11) is 0. The molecule has 3 saturated carbocycles. The second-order valence-electron chi connectivity index (χ2n) is 9.13. The van der Waals surface area contributed by atoms with Gasteiger partial charge in [0.25, 0.3) is 0 Å². The van der Waals surface area contributed by atoms with Crippen molar-refractivity contribution in [2.75, 3.05) is 0 Å². The zero-order chi connectivity index (χ0) is 14.5. The Morgan fingerprint density at radius 1 is 0.850 bits per heavy atom. The minimum Gasteiger partial charge on any atom is -0.0654 e. The third-order valence-electron chi connectivity index (χ3n) is 8.61. The van der Waals surface area contributed by atoms with Crippen LogP contribution in [0.3, 0.4) is 0 Å². The van der Waals surface area contributed by atoms with Gasteiger partial charge in [-0.25, -0.2) is 0 Å². The first-order valence-corrected chi connectivity index (χ1v) is 9.43. The molecule has 0 heterocycles. The Bertz CT molecular complexity index is 359. The Morgan fingerprint density at radius 2 is 1.55 bits per heavy atom. The van der Waals surface area contributed by atoms with Crippen LogP contribution < -0.4 is 0 Å². The predicted octanol–water partition coefficient (Wildman–Crippen LogP) is 6.30. The lowest BCUT2D eigenvalue weighted by Crippen LogP contribution is -2.51. The molecular formula is C20H36. The van der Waals surface area contributed by atoms with Crippen LogP contribution in [0.4, 0.5) is 0 Å². The van der Waals surface area contributed by atoms with Crippen LogP contribution >= 0.6 is 0 Å². The van der Waals surface area contributed by atoms with Crippen LogP contribution in [0, 0.1) is 40.4 Å². The number of fused-ring (bicyclic) bond motifs is 3. The van der Waals surface area contributed by atoms with Crippen LogP contribution in [0.1, 0.15) is 86.0 Å². The van der Waals surface area contributed by atoms with Crippen LogP contribution in [-0.2, 0) is 0 Å². The smallest absolute Gasteiger partial charge is 0.0269 e. The lowest BCUT2D eigenvalue weighted by molar-refractivity contribution is -0.0938. The lowest BCUT2D eigenvalue weighted by atomic mass is 9.46. The van der Waals surface area contributed by atoms with Crippen molar-refractivity contribution in [1.29, 1.82) is 0 Å². The molecule has 20 heavy (non-hydrogen) atoms. The summed E-state index contributed by atoms with van der Waals surface area (Å²) >= 11 is 0. The molecule has 3 aliphatic rings. The first kappa shape index (κ1) is 14.9. The Morgan fingerprint density at radius 3 is 2.25 bits per heavy atom. The van der Waals surface area contributed by atoms with Gasteiger partial charge in [-0.15, -0.1) is 0 Å². The van der Waals surface area contributed by atoms with Crippen molar-refractivity contribution in [1.82, 2.24) is 0 Å². The fourth-order valence-electron chi connectivity index (χ4n) is 6.88. The molecule has 7 unspecified atom stereocenters. The average molecular weight is 277 g/mol. The summed E-state index contributed by atoms with van der Waals surface area (Å²) in [6.45, 7) is 12.8. The molecule has 0 spiro atoms. The minimum absolute atomic E-state index is 0.644. The summed E-state index contributed by atoms with van der Waals surface area (Å²) in [6, 6.07) is 0. The number of rotatable bonds is 2. The minimum atomic E-state index is 0.644. The van der Waals surface area contributed by atoms with Crippen molar-refractivity contribution < 1.29 is 0 Å². The Labute approximate surface area is 127 Å². The molecular weight excluding hydrogens is 240 g/mol. The molecule has 3 rings (SSSR count). The molecule has 3 aliphatic carbocycles. The molecule has 0 aromatic carbocycles. The van der Waals surface area contributed by atoms with E-state index in [1.807, 2.05) is 0 Å². The summed E-state index contributed by atoms with van der Waals surface area (Å²) < 4.78 is 0. The number of hydrogen-bond acceptors (Lipinski definition) is 0. The van der Waals surface area contributed by atoms with Crippen LogP contribution in [-0.4, -0.2) is 0 Å². The van der Waals surface area contributed by atoms with Gasteiger partial charge in [0.15, 0.2) is 0 Å². The van der Waals surface area contributed by atoms with Crippen LogP contribution in [0.2, 0.25) is 0 Å². The second-order valence-corrected chi connectivity index (χ2v) is 9.13. The van der Waals surface area contributed by atoms with E-state index >= 15 is 0 Å². The van der Waals surface area contributed by atoms with Crippen LogP contribution in [0.5, 0.6) is 0 Å². The molecule has 0 N–H and O–H groups in total. The van der Waals surface area contributed by atoms with E-state index in [1.165, 1.54) is 51.4 Å². The van der Waals surface area contributed by atoms with Crippen LogP contribution in [0.15, 0.2) is 0 Å². The SMILES string of the molecule is CCCC1(C)C(C)CCC2C1CCC1(C)C(C)CCC21. The van der Waals surface area contributed by atoms with E-state index in [-0.39, 0.29) is 0 Å². The highest BCUT2D eigenvalue weighted by atomic mass is 14.6. The van der Waals surface area contributed by atoms with E-state index in [0.29, 0.717) is 10.8 Å². The highest BCUT2D eigenvalue weighted by Crippen LogP contribution is 2.65. The largest absolute Gasteiger partial charge is 0.0654 e. The predicted molar refractivity (Wildman–Crippen MR) is 87.6 cm³/mol. The first-order chi connectivity index (χ1) is 9.43. The van der Waals surface area contributed by atoms with Gasteiger partial charge in [-0.05, 0) is 85.4 Å². The van der Waals surface area contributed by atoms with Crippen molar-refractivity contribution in [3.05, 3.63) is 0 Å². The van der Waals surface area contributed by atoms with E-state index in [4.69, 9.17) is 0 Å². The molecule has 0 radical (unpaired) electrons. The van der Waals surface area contributed by atoms with Crippen molar-refractivity contribution in [3.8, 4) is 0 Å². The van der Waals surface area contributed by atoms with Crippen LogP contribution in [0.25, 0.3) is 0 Å². The van der Waals surface area contributed by atoms with Gasteiger partial charge in [-0.2, -0.15) is 0 Å². The molecule has 3 fully saturated rings. The molecule has 7 atom stereocenters. The normalized spacial score (nSPS) is 55.4. The van der Waals surface area contributed by atoms with E-state index in [2.05, 4.69) is 34.6 Å². The molecule has 0 aliphatic heterocycles. The van der Waals surface area contributed by atoms with E-state index in [9.17, 15) is 0 Å². The average Bonchev–Trinajstić information content (AvgIpc) is 2.71. The molecule has 116 valence electrons. The van der Waals surface area contributed by atoms with Gasteiger partial charge >= 0.3 is 0 Å². The molecule has 0 bridgehead atoms. The second kappa shape index (κ2) is 5.03. The van der Waals surface area contributed by atoms with E-state index in [0.717, 1.165) is 29.6 Å². The first-order valence-electron chi connectivity index (χ1n) is 9.43. The van der Waals surface area contributed by atoms with Crippen molar-refractivity contribution >= 4 is 0 Å². The summed E-state index contributed by atoms with van der Waals surface area (Å²) in [6.07, 6.45) is 12.0. The molecule has 0 nitrogen and oxygen atoms in total. The van der Waals surface area contributed by atoms with Gasteiger partial charge in [0.05, 0.1) is 0 Å². The van der Waals surface area contributed by atoms with Crippen molar-refractivity contribution in [2.45, 2.75) is 86.0 Å². The highest BCUT2D eigenvalue weighted by molar-refractivity contribution is 5.06. The highest BCUT2D eigenvalue weighted by Gasteiger charge is 2.57. The van der Waals surface area contributed by atoms with Gasteiger partial charge in [-0.3, -0.25) is 0 Å². The zero-order valence-electron chi connectivity index (χ0n) is 14.5. The van der Waals surface area contributed by atoms with Crippen molar-refractivity contribution in [3.63, 3.8) is 0 Å². The summed E-state index contributed by atoms with van der Waals surface area (Å²) in [5, 5.41) is 0. The topological polar surface area (TPSA) is 0 Å². The summed E-state index contributed by atoms with van der Waals surface area (Å²) in [5.41, 5.74) is 1.33. The maximum absolute atomic E-state index is 2.65. The number of hydrogen-bond donors (Lipinski definition) is 0. The van der Waals surface area contributed by atoms with Gasteiger partial charge in [0.2, 0.25) is 0 Å². The third-order valence-corrected chi connectivity index (χ3v) is 8.61. The van der Waals surface area contributed by atoms with Gasteiger partial charge in [0.1, 0.15) is 0 Å². The summed E-state index contributed by atoms with van der Waals surface area (Å²) in [5.74, 6) is 5.08. The molecule has 0 amide bonds. The maximum atomic E-state index is 2.65. The Hall–Kier alpha value is 0. The van der Waals surface area contributed by atoms with Crippen molar-refractivity contribution in [2.24, 2.45) is 40.4 Å². The van der Waals surface area contributed by atoms with Gasteiger partial charge in [0, 0.05) is 0 Å². The molecule has 0 heteroatoms. The standard InChI is InChI=1S/C20H36/c1-6-12-19(4)14(2)7-9-16-17-10-8-15(3)20(17,5)13-11-18(16)19/h14-18H,6-13H2,1-5H3. The fourth-order valence-corrected chi connectivity index (χ4v) is 6.88. The molecule has 0 aromatic rings. The maximum Gasteiger partial charge on any atom is -0.0269 e. The van der Waals surface area contributed by atoms with Gasteiger partial charge < -0.3 is 0 Å². The Kier molecular flexibility index (Phi) is 3.75. The van der Waals surface area contributed by atoms with E-state index in [1.54, 1.807) is 0 Å². The van der Waals surface area contributed by atoms with Gasteiger partial charge in [-0.1, -0.05) is 41.0 Å². The monoisotopic (exact) mass is 276 g/mol. The molecule has 0 aromatic heterocycles. The molecule has 0 saturated heterocycles. The fraction of sp³-hybridized carbons (Fsp3) is 1.00. The Balaban J connectivity index is 1.89.